The summed E-state index contributed by atoms with van der Waals surface area (Å²) in [6, 6.07) is 11.0. The van der Waals surface area contributed by atoms with Crippen LogP contribution in [0.1, 0.15) is 73.2 Å². The van der Waals surface area contributed by atoms with Gasteiger partial charge in [-0.25, -0.2) is 9.18 Å². The molecule has 2 aromatic rings. The number of halogens is 1. The van der Waals surface area contributed by atoms with Gasteiger partial charge in [-0.05, 0) is 102 Å². The van der Waals surface area contributed by atoms with Gasteiger partial charge in [0.25, 0.3) is 0 Å². The van der Waals surface area contributed by atoms with Gasteiger partial charge in [-0.3, -0.25) is 19.3 Å². The number of amides is 3. The number of benzene rings is 2. The summed E-state index contributed by atoms with van der Waals surface area (Å²) in [6.45, 7) is 11.1. The van der Waals surface area contributed by atoms with Crippen LogP contribution in [0.2, 0.25) is 0 Å². The SMILES string of the molecule is CC(=O)c1cc(NC(=O)N[C@@H]2CCN(CC(=O)NC(C)C)C[C@H]2CN2CCCC(Cc3ccc(F)cc3)C2)cc(C(C)=O)c1. The van der Waals surface area contributed by atoms with E-state index in [1.807, 2.05) is 26.0 Å². The lowest BCUT2D eigenvalue weighted by molar-refractivity contribution is -0.123. The molecule has 9 nitrogen and oxygen atoms in total. The molecule has 2 aromatic carbocycles. The first-order valence-corrected chi connectivity index (χ1v) is 15.7. The largest absolute Gasteiger partial charge is 0.353 e. The van der Waals surface area contributed by atoms with Crippen LogP contribution in [0.15, 0.2) is 42.5 Å². The first-order valence-electron chi connectivity index (χ1n) is 15.7. The average molecular weight is 608 g/mol. The van der Waals surface area contributed by atoms with E-state index in [0.29, 0.717) is 48.8 Å². The number of anilines is 1. The Morgan fingerprint density at radius 1 is 0.909 bits per heavy atom. The number of ketones is 2. The number of urea groups is 1. The third-order valence-electron chi connectivity index (χ3n) is 8.49. The Kier molecular flexibility index (Phi) is 11.6. The first kappa shape index (κ1) is 33.3. The summed E-state index contributed by atoms with van der Waals surface area (Å²) in [5.74, 6) is -0.0653. The highest BCUT2D eigenvalue weighted by atomic mass is 19.1. The maximum atomic E-state index is 13.4. The number of piperidine rings is 2. The van der Waals surface area contributed by atoms with Crippen LogP contribution >= 0.6 is 0 Å². The van der Waals surface area contributed by atoms with Crippen LogP contribution in [0.5, 0.6) is 0 Å². The molecule has 2 aliphatic heterocycles. The van der Waals surface area contributed by atoms with Gasteiger partial charge in [0.15, 0.2) is 11.6 Å². The van der Waals surface area contributed by atoms with Crippen LogP contribution in [0, 0.1) is 17.7 Å². The van der Waals surface area contributed by atoms with Crippen molar-refractivity contribution in [3.8, 4) is 0 Å². The van der Waals surface area contributed by atoms with Crippen molar-refractivity contribution in [2.45, 2.75) is 65.5 Å². The van der Waals surface area contributed by atoms with Gasteiger partial charge in [-0.2, -0.15) is 0 Å². The number of Topliss-reactive ketones (excluding diaryl/α,β-unsaturated/α-hetero) is 2. The molecular formula is C34H46FN5O4. The number of nitrogens with one attached hydrogen (secondary N) is 3. The summed E-state index contributed by atoms with van der Waals surface area (Å²) in [5.41, 5.74) is 2.24. The van der Waals surface area contributed by atoms with Gasteiger partial charge in [0.1, 0.15) is 5.82 Å². The van der Waals surface area contributed by atoms with Crippen molar-refractivity contribution >= 4 is 29.2 Å². The smallest absolute Gasteiger partial charge is 0.319 e. The Labute approximate surface area is 259 Å². The molecule has 0 bridgehead atoms. The van der Waals surface area contributed by atoms with E-state index >= 15 is 0 Å². The van der Waals surface area contributed by atoms with Gasteiger partial charge < -0.3 is 20.9 Å². The van der Waals surface area contributed by atoms with E-state index in [4.69, 9.17) is 0 Å². The molecule has 2 aliphatic rings. The number of rotatable bonds is 11. The van der Waals surface area contributed by atoms with Crippen LogP contribution in [0.4, 0.5) is 14.9 Å². The van der Waals surface area contributed by atoms with E-state index in [0.717, 1.165) is 44.5 Å². The molecule has 4 rings (SSSR count). The maximum Gasteiger partial charge on any atom is 0.319 e. The van der Waals surface area contributed by atoms with Gasteiger partial charge in [0, 0.05) is 61.0 Å². The average Bonchev–Trinajstić information content (AvgIpc) is 2.95. The molecule has 3 atom stereocenters. The van der Waals surface area contributed by atoms with Crippen LogP contribution in [-0.4, -0.2) is 84.7 Å². The topological polar surface area (TPSA) is 111 Å². The molecule has 2 fully saturated rings. The van der Waals surface area contributed by atoms with Crippen molar-refractivity contribution in [3.05, 3.63) is 65.0 Å². The van der Waals surface area contributed by atoms with Gasteiger partial charge in [0.2, 0.25) is 5.91 Å². The van der Waals surface area contributed by atoms with Crippen molar-refractivity contribution < 1.29 is 23.6 Å². The number of nitrogens with zero attached hydrogens (tertiary/aromatic N) is 2. The summed E-state index contributed by atoms with van der Waals surface area (Å²) in [5, 5.41) is 8.96. The molecule has 2 heterocycles. The zero-order valence-corrected chi connectivity index (χ0v) is 26.3. The van der Waals surface area contributed by atoms with Crippen LogP contribution < -0.4 is 16.0 Å². The van der Waals surface area contributed by atoms with Gasteiger partial charge in [0.05, 0.1) is 6.54 Å². The molecule has 44 heavy (non-hydrogen) atoms. The second-order valence-corrected chi connectivity index (χ2v) is 12.7. The number of likely N-dealkylation sites (tertiary alicyclic amines) is 2. The lowest BCUT2D eigenvalue weighted by Crippen LogP contribution is -2.56. The number of hydrogen-bond acceptors (Lipinski definition) is 6. The summed E-state index contributed by atoms with van der Waals surface area (Å²) in [4.78, 5) is 54.4. The Balaban J connectivity index is 1.44. The zero-order valence-electron chi connectivity index (χ0n) is 26.3. The predicted octanol–water partition coefficient (Wildman–Crippen LogP) is 4.52. The minimum atomic E-state index is -0.394. The van der Waals surface area contributed by atoms with Gasteiger partial charge >= 0.3 is 6.03 Å². The number of carbonyl (C=O) groups is 4. The molecule has 2 saturated heterocycles. The van der Waals surface area contributed by atoms with E-state index in [-0.39, 0.29) is 41.3 Å². The van der Waals surface area contributed by atoms with Crippen molar-refractivity contribution in [2.24, 2.45) is 11.8 Å². The fourth-order valence-corrected chi connectivity index (χ4v) is 6.41. The Morgan fingerprint density at radius 2 is 1.59 bits per heavy atom. The molecule has 0 aromatic heterocycles. The quantitative estimate of drug-likeness (QED) is 0.324. The van der Waals surface area contributed by atoms with Crippen LogP contribution in [-0.2, 0) is 11.2 Å². The molecule has 10 heteroatoms. The minimum Gasteiger partial charge on any atom is -0.353 e. The summed E-state index contributed by atoms with van der Waals surface area (Å²) in [7, 11) is 0. The minimum absolute atomic E-state index is 0.00753. The predicted molar refractivity (Wildman–Crippen MR) is 169 cm³/mol. The highest BCUT2D eigenvalue weighted by Crippen LogP contribution is 2.25. The standard InChI is InChI=1S/C34H46FN5O4/c1-22(2)36-33(43)21-40-13-11-32(38-34(44)37-31-16-27(23(3)41)15-28(17-31)24(4)42)29(20-40)19-39-12-5-6-26(18-39)14-25-7-9-30(35)10-8-25/h7-10,15-17,22,26,29,32H,5-6,11-14,18-21H2,1-4H3,(H,36,43)(H2,37,38,44)/t26?,29-,32-/m1/s1. The van der Waals surface area contributed by atoms with E-state index in [1.54, 1.807) is 12.1 Å². The molecule has 0 spiro atoms. The normalized spacial score (nSPS) is 21.1. The van der Waals surface area contributed by atoms with E-state index in [1.165, 1.54) is 32.0 Å². The van der Waals surface area contributed by atoms with E-state index in [2.05, 4.69) is 25.8 Å². The first-order chi connectivity index (χ1) is 20.9. The molecule has 238 valence electrons. The fourth-order valence-electron chi connectivity index (χ4n) is 6.41. The maximum absolute atomic E-state index is 13.4. The summed E-state index contributed by atoms with van der Waals surface area (Å²) < 4.78 is 13.4. The second-order valence-electron chi connectivity index (χ2n) is 12.7. The van der Waals surface area contributed by atoms with Crippen LogP contribution in [0.3, 0.4) is 0 Å². The van der Waals surface area contributed by atoms with Crippen molar-refractivity contribution in [2.75, 3.05) is 44.6 Å². The van der Waals surface area contributed by atoms with Gasteiger partial charge in [-0.15, -0.1) is 0 Å². The molecule has 0 saturated carbocycles. The number of carbonyl (C=O) groups excluding carboxylic acids is 4. The molecule has 3 N–H and O–H groups in total. The van der Waals surface area contributed by atoms with E-state index < -0.39 is 6.03 Å². The van der Waals surface area contributed by atoms with Crippen LogP contribution in [0.25, 0.3) is 0 Å². The monoisotopic (exact) mass is 607 g/mol. The molecule has 0 radical (unpaired) electrons. The Morgan fingerprint density at radius 3 is 2.23 bits per heavy atom. The Bertz CT molecular complexity index is 1300. The summed E-state index contributed by atoms with van der Waals surface area (Å²) in [6.07, 6.45) is 3.77. The lowest BCUT2D eigenvalue weighted by atomic mass is 9.88. The fraction of sp³-hybridized carbons (Fsp3) is 0.529. The molecule has 3 amide bonds. The van der Waals surface area contributed by atoms with Gasteiger partial charge in [-0.1, -0.05) is 12.1 Å². The number of hydrogen-bond donors (Lipinski definition) is 3. The summed E-state index contributed by atoms with van der Waals surface area (Å²) >= 11 is 0. The third kappa shape index (κ3) is 9.95. The van der Waals surface area contributed by atoms with Crippen molar-refractivity contribution in [3.63, 3.8) is 0 Å². The lowest BCUT2D eigenvalue weighted by Gasteiger charge is -2.42. The third-order valence-corrected chi connectivity index (χ3v) is 8.49. The highest BCUT2D eigenvalue weighted by molar-refractivity contribution is 6.02. The second kappa shape index (κ2) is 15.4. The van der Waals surface area contributed by atoms with Crippen molar-refractivity contribution in [1.82, 2.24) is 20.4 Å². The van der Waals surface area contributed by atoms with Crippen molar-refractivity contribution in [1.29, 1.82) is 0 Å². The Hall–Kier alpha value is -3.63. The molecular weight excluding hydrogens is 561 g/mol. The molecule has 0 aliphatic carbocycles. The van der Waals surface area contributed by atoms with E-state index in [9.17, 15) is 23.6 Å². The highest BCUT2D eigenvalue weighted by Gasteiger charge is 2.34. The zero-order chi connectivity index (χ0) is 31.8. The molecule has 1 unspecified atom stereocenters.